The summed E-state index contributed by atoms with van der Waals surface area (Å²) in [6.45, 7) is 4.33. The summed E-state index contributed by atoms with van der Waals surface area (Å²) in [5.41, 5.74) is 2.28. The highest BCUT2D eigenvalue weighted by atomic mass is 16.7. The summed E-state index contributed by atoms with van der Waals surface area (Å²) < 4.78 is 32.2. The van der Waals surface area contributed by atoms with Gasteiger partial charge in [0.1, 0.15) is 17.2 Å². The van der Waals surface area contributed by atoms with Crippen LogP contribution in [0.2, 0.25) is 0 Å². The van der Waals surface area contributed by atoms with Gasteiger partial charge in [0.25, 0.3) is 0 Å². The smallest absolute Gasteiger partial charge is 0.188 e. The zero-order valence-electron chi connectivity index (χ0n) is 15.8. The summed E-state index contributed by atoms with van der Waals surface area (Å²) in [6, 6.07) is 9.12. The molecular formula is C20H24O6. The third kappa shape index (κ3) is 4.03. The van der Waals surface area contributed by atoms with Crippen LogP contribution in [0.4, 0.5) is 0 Å². The molecule has 0 fully saturated rings. The van der Waals surface area contributed by atoms with Crippen LogP contribution in [0, 0.1) is 0 Å². The molecule has 0 atom stereocenters. The lowest BCUT2D eigenvalue weighted by Crippen LogP contribution is -2.02. The third-order valence-corrected chi connectivity index (χ3v) is 3.86. The van der Waals surface area contributed by atoms with Crippen molar-refractivity contribution in [3.05, 3.63) is 48.0 Å². The van der Waals surface area contributed by atoms with E-state index in [1.54, 1.807) is 47.7 Å². The molecule has 0 spiro atoms. The second-order valence-corrected chi connectivity index (χ2v) is 5.30. The Morgan fingerprint density at radius 3 is 1.88 bits per heavy atom. The Balaban J connectivity index is 2.51. The fourth-order valence-corrected chi connectivity index (χ4v) is 2.55. The highest BCUT2D eigenvalue weighted by Crippen LogP contribution is 2.42. The van der Waals surface area contributed by atoms with Gasteiger partial charge in [-0.25, -0.2) is 0 Å². The largest absolute Gasteiger partial charge is 0.496 e. The van der Waals surface area contributed by atoms with Gasteiger partial charge in [-0.3, -0.25) is 0 Å². The molecule has 0 aliphatic heterocycles. The van der Waals surface area contributed by atoms with Gasteiger partial charge in [0.2, 0.25) is 0 Å². The monoisotopic (exact) mass is 360 g/mol. The molecule has 0 N–H and O–H groups in total. The van der Waals surface area contributed by atoms with Crippen LogP contribution < -0.4 is 23.7 Å². The van der Waals surface area contributed by atoms with Crippen molar-refractivity contribution in [1.29, 1.82) is 0 Å². The molecule has 0 unspecified atom stereocenters. The maximum atomic E-state index is 5.58. The molecule has 2 rings (SSSR count). The zero-order chi connectivity index (χ0) is 19.1. The number of ether oxygens (including phenoxy) is 6. The molecule has 26 heavy (non-hydrogen) atoms. The van der Waals surface area contributed by atoms with Gasteiger partial charge in [0.15, 0.2) is 18.3 Å². The molecule has 0 heterocycles. The minimum absolute atomic E-state index is 0.113. The van der Waals surface area contributed by atoms with E-state index in [4.69, 9.17) is 28.4 Å². The van der Waals surface area contributed by atoms with E-state index in [0.717, 1.165) is 11.1 Å². The van der Waals surface area contributed by atoms with Crippen molar-refractivity contribution in [2.24, 2.45) is 0 Å². The number of hydrogen-bond acceptors (Lipinski definition) is 6. The van der Waals surface area contributed by atoms with Crippen molar-refractivity contribution < 1.29 is 28.4 Å². The van der Waals surface area contributed by atoms with Gasteiger partial charge < -0.3 is 28.4 Å². The normalized spacial score (nSPS) is 10.2. The van der Waals surface area contributed by atoms with Gasteiger partial charge in [-0.05, 0) is 23.3 Å². The van der Waals surface area contributed by atoms with Crippen LogP contribution in [0.25, 0.3) is 5.57 Å². The second-order valence-electron chi connectivity index (χ2n) is 5.30. The molecular weight excluding hydrogens is 336 g/mol. The van der Waals surface area contributed by atoms with Gasteiger partial charge in [0, 0.05) is 19.2 Å². The molecule has 0 aromatic heterocycles. The lowest BCUT2D eigenvalue weighted by atomic mass is 9.97. The van der Waals surface area contributed by atoms with Gasteiger partial charge in [-0.15, -0.1) is 0 Å². The highest BCUT2D eigenvalue weighted by molar-refractivity contribution is 5.86. The van der Waals surface area contributed by atoms with Crippen LogP contribution in [0.1, 0.15) is 11.1 Å². The van der Waals surface area contributed by atoms with Crippen molar-refractivity contribution in [2.45, 2.75) is 0 Å². The first-order chi connectivity index (χ1) is 12.6. The van der Waals surface area contributed by atoms with Crippen LogP contribution >= 0.6 is 0 Å². The van der Waals surface area contributed by atoms with E-state index < -0.39 is 0 Å². The van der Waals surface area contributed by atoms with E-state index in [1.807, 2.05) is 18.2 Å². The minimum Gasteiger partial charge on any atom is -0.496 e. The molecule has 0 saturated heterocycles. The van der Waals surface area contributed by atoms with Crippen LogP contribution in [0.5, 0.6) is 28.7 Å². The first-order valence-electron chi connectivity index (χ1n) is 7.89. The topological polar surface area (TPSA) is 55.4 Å². The Labute approximate surface area is 153 Å². The van der Waals surface area contributed by atoms with Crippen LogP contribution in [-0.2, 0) is 4.74 Å². The fourth-order valence-electron chi connectivity index (χ4n) is 2.55. The lowest BCUT2D eigenvalue weighted by Gasteiger charge is -2.18. The summed E-state index contributed by atoms with van der Waals surface area (Å²) in [4.78, 5) is 0. The van der Waals surface area contributed by atoms with Crippen LogP contribution in [0.3, 0.4) is 0 Å². The van der Waals surface area contributed by atoms with E-state index in [-0.39, 0.29) is 6.79 Å². The molecule has 140 valence electrons. The maximum Gasteiger partial charge on any atom is 0.188 e. The molecule has 2 aromatic rings. The molecule has 0 aliphatic carbocycles. The summed E-state index contributed by atoms with van der Waals surface area (Å²) in [6.07, 6.45) is 0. The molecule has 0 radical (unpaired) electrons. The highest BCUT2D eigenvalue weighted by Gasteiger charge is 2.18. The van der Waals surface area contributed by atoms with Crippen LogP contribution in [-0.4, -0.2) is 42.3 Å². The molecule has 2 aromatic carbocycles. The SMILES string of the molecule is C=C(c1ccc(OC)c(OCOC)c1)c1c(OC)cc(OC)cc1OC. The van der Waals surface area contributed by atoms with Gasteiger partial charge in [-0.1, -0.05) is 12.6 Å². The second kappa shape index (κ2) is 9.01. The summed E-state index contributed by atoms with van der Waals surface area (Å²) >= 11 is 0. The Morgan fingerprint density at radius 1 is 0.769 bits per heavy atom. The molecule has 0 bridgehead atoms. The molecule has 0 amide bonds. The van der Waals surface area contributed by atoms with E-state index in [2.05, 4.69) is 6.58 Å². The lowest BCUT2D eigenvalue weighted by molar-refractivity contribution is 0.0491. The van der Waals surface area contributed by atoms with Crippen molar-refractivity contribution in [3.63, 3.8) is 0 Å². The van der Waals surface area contributed by atoms with Gasteiger partial charge in [0.05, 0.1) is 34.0 Å². The standard InChI is InChI=1S/C20H24O6/c1-13(14-7-8-16(23-4)17(9-14)26-12-21-2)20-18(24-5)10-15(22-3)11-19(20)25-6/h7-11H,1,12H2,2-6H3. The quantitative estimate of drug-likeness (QED) is 0.635. The summed E-state index contributed by atoms with van der Waals surface area (Å²) in [5.74, 6) is 2.99. The number of methoxy groups -OCH3 is 5. The zero-order valence-corrected chi connectivity index (χ0v) is 15.8. The Morgan fingerprint density at radius 2 is 1.38 bits per heavy atom. The fraction of sp³-hybridized carbons (Fsp3) is 0.300. The van der Waals surface area contributed by atoms with Crippen molar-refractivity contribution in [2.75, 3.05) is 42.3 Å². The minimum atomic E-state index is 0.113. The van der Waals surface area contributed by atoms with E-state index >= 15 is 0 Å². The van der Waals surface area contributed by atoms with Gasteiger partial charge >= 0.3 is 0 Å². The Kier molecular flexibility index (Phi) is 6.74. The molecule has 6 nitrogen and oxygen atoms in total. The predicted molar refractivity (Wildman–Crippen MR) is 99.7 cm³/mol. The van der Waals surface area contributed by atoms with Crippen LogP contribution in [0.15, 0.2) is 36.9 Å². The van der Waals surface area contributed by atoms with Crippen molar-refractivity contribution in [3.8, 4) is 28.7 Å². The molecule has 0 saturated carbocycles. The maximum absolute atomic E-state index is 5.58. The average molecular weight is 360 g/mol. The summed E-state index contributed by atoms with van der Waals surface area (Å²) in [7, 11) is 7.91. The Bertz CT molecular complexity index is 744. The van der Waals surface area contributed by atoms with Crippen molar-refractivity contribution in [1.82, 2.24) is 0 Å². The number of hydrogen-bond donors (Lipinski definition) is 0. The van der Waals surface area contributed by atoms with E-state index in [9.17, 15) is 0 Å². The summed E-state index contributed by atoms with van der Waals surface area (Å²) in [5, 5.41) is 0. The first kappa shape index (κ1) is 19.5. The molecule has 6 heteroatoms. The van der Waals surface area contributed by atoms with E-state index in [1.165, 1.54) is 0 Å². The first-order valence-corrected chi connectivity index (χ1v) is 7.89. The van der Waals surface area contributed by atoms with Crippen molar-refractivity contribution >= 4 is 5.57 Å². The third-order valence-electron chi connectivity index (χ3n) is 3.86. The number of rotatable bonds is 9. The average Bonchev–Trinajstić information content (AvgIpc) is 2.70. The molecule has 0 aliphatic rings. The predicted octanol–water partition coefficient (Wildman–Crippen LogP) is 3.77. The number of benzene rings is 2. The van der Waals surface area contributed by atoms with E-state index in [0.29, 0.717) is 34.3 Å². The Hall–Kier alpha value is -2.86. The van der Waals surface area contributed by atoms with Gasteiger partial charge in [-0.2, -0.15) is 0 Å².